The Morgan fingerprint density at radius 3 is 2.42 bits per heavy atom. The Kier molecular flexibility index (Phi) is 5.00. The van der Waals surface area contributed by atoms with Crippen LogP contribution in [0.3, 0.4) is 0 Å². The highest BCUT2D eigenvalue weighted by Gasteiger charge is 2.31. The van der Waals surface area contributed by atoms with Crippen molar-refractivity contribution >= 4 is 11.3 Å². The first-order valence-electron chi connectivity index (χ1n) is 8.07. The third-order valence-corrected chi connectivity index (χ3v) is 5.05. The van der Waals surface area contributed by atoms with Crippen LogP contribution >= 0.6 is 11.3 Å². The van der Waals surface area contributed by atoms with Gasteiger partial charge < -0.3 is 4.57 Å². The maximum atomic E-state index is 12.8. The van der Waals surface area contributed by atoms with Crippen molar-refractivity contribution in [1.82, 2.24) is 9.55 Å². The fourth-order valence-corrected chi connectivity index (χ4v) is 3.43. The Labute approximate surface area is 152 Å². The molecule has 2 heterocycles. The van der Waals surface area contributed by atoms with E-state index in [0.717, 1.165) is 38.3 Å². The van der Waals surface area contributed by atoms with Gasteiger partial charge in [0.15, 0.2) is 0 Å². The molecule has 0 atom stereocenters. The largest absolute Gasteiger partial charge is 0.417 e. The minimum Gasteiger partial charge on any atom is -0.310 e. The van der Waals surface area contributed by atoms with Gasteiger partial charge >= 0.3 is 6.18 Å². The Balaban J connectivity index is 1.84. The molecule has 1 aromatic carbocycles. The first kappa shape index (κ1) is 18.4. The summed E-state index contributed by atoms with van der Waals surface area (Å²) in [7, 11) is 0. The van der Waals surface area contributed by atoms with Gasteiger partial charge in [0.05, 0.1) is 12.1 Å². The molecule has 0 bridgehead atoms. The molecule has 3 nitrogen and oxygen atoms in total. The van der Waals surface area contributed by atoms with E-state index in [9.17, 15) is 18.0 Å². The highest BCUT2D eigenvalue weighted by molar-refractivity contribution is 7.15. The summed E-state index contributed by atoms with van der Waals surface area (Å²) in [5.41, 5.74) is 0.850. The molecule has 136 valence electrons. The van der Waals surface area contributed by atoms with E-state index >= 15 is 0 Å². The number of rotatable bonds is 4. The van der Waals surface area contributed by atoms with Crippen molar-refractivity contribution in [2.24, 2.45) is 0 Å². The molecule has 0 radical (unpaired) electrons. The summed E-state index contributed by atoms with van der Waals surface area (Å²) in [6, 6.07) is 9.78. The summed E-state index contributed by atoms with van der Waals surface area (Å²) in [6.45, 7) is 4.29. The third-order valence-electron chi connectivity index (χ3n) is 4.01. The molecule has 7 heteroatoms. The first-order chi connectivity index (χ1) is 12.2. The molecule has 0 saturated heterocycles. The minimum absolute atomic E-state index is 0.0600. The molecule has 0 aliphatic carbocycles. The van der Waals surface area contributed by atoms with E-state index in [1.165, 1.54) is 16.9 Å². The summed E-state index contributed by atoms with van der Waals surface area (Å²) >= 11 is 1.37. The van der Waals surface area contributed by atoms with Crippen molar-refractivity contribution in [1.29, 1.82) is 0 Å². The van der Waals surface area contributed by atoms with Gasteiger partial charge in [0.2, 0.25) is 0 Å². The molecule has 0 fully saturated rings. The summed E-state index contributed by atoms with van der Waals surface area (Å²) < 4.78 is 39.5. The molecule has 0 aliphatic heterocycles. The van der Waals surface area contributed by atoms with Crippen molar-refractivity contribution in [2.75, 3.05) is 0 Å². The number of thiazole rings is 1. The highest BCUT2D eigenvalue weighted by Crippen LogP contribution is 2.29. The lowest BCUT2D eigenvalue weighted by Gasteiger charge is -2.09. The maximum absolute atomic E-state index is 12.8. The number of alkyl halides is 3. The number of nitrogens with zero attached hydrogens (tertiary/aromatic N) is 2. The molecule has 0 amide bonds. The number of hydrogen-bond acceptors (Lipinski definition) is 3. The van der Waals surface area contributed by atoms with Gasteiger partial charge in [-0.2, -0.15) is 13.2 Å². The summed E-state index contributed by atoms with van der Waals surface area (Å²) in [4.78, 5) is 16.9. The molecule has 3 aromatic rings. The zero-order valence-corrected chi connectivity index (χ0v) is 15.1. The normalized spacial score (nSPS) is 11.9. The molecule has 0 N–H and O–H groups in total. The Hall–Kier alpha value is -2.41. The van der Waals surface area contributed by atoms with Gasteiger partial charge in [-0.05, 0) is 17.5 Å². The van der Waals surface area contributed by atoms with Gasteiger partial charge in [-0.15, -0.1) is 11.3 Å². The van der Waals surface area contributed by atoms with E-state index in [0.29, 0.717) is 5.92 Å². The fraction of sp³-hybridized carbons (Fsp3) is 0.263. The SMILES string of the molecule is CC(C)c1ccc(-c2ncc(Cn3cc(C(F)(F)F)ccc3=O)s2)cc1. The van der Waals surface area contributed by atoms with Crippen LogP contribution in [0.15, 0.2) is 53.6 Å². The number of pyridine rings is 1. The van der Waals surface area contributed by atoms with Crippen LogP contribution in [-0.4, -0.2) is 9.55 Å². The second-order valence-electron chi connectivity index (χ2n) is 6.29. The van der Waals surface area contributed by atoms with Crippen molar-refractivity contribution < 1.29 is 13.2 Å². The van der Waals surface area contributed by atoms with Crippen LogP contribution < -0.4 is 5.56 Å². The average molecular weight is 378 g/mol. The zero-order chi connectivity index (χ0) is 18.9. The fourth-order valence-electron chi connectivity index (χ4n) is 2.52. The van der Waals surface area contributed by atoms with Crippen LogP contribution in [0.5, 0.6) is 0 Å². The van der Waals surface area contributed by atoms with Crippen molar-refractivity contribution in [3.8, 4) is 10.6 Å². The van der Waals surface area contributed by atoms with E-state index in [-0.39, 0.29) is 6.54 Å². The van der Waals surface area contributed by atoms with Crippen LogP contribution in [0.25, 0.3) is 10.6 Å². The average Bonchev–Trinajstić information content (AvgIpc) is 3.04. The van der Waals surface area contributed by atoms with Crippen molar-refractivity contribution in [3.05, 3.63) is 75.1 Å². The minimum atomic E-state index is -4.48. The second kappa shape index (κ2) is 7.07. The highest BCUT2D eigenvalue weighted by atomic mass is 32.1. The monoisotopic (exact) mass is 378 g/mol. The van der Waals surface area contributed by atoms with Gasteiger partial charge in [0.25, 0.3) is 5.56 Å². The summed E-state index contributed by atoms with van der Waals surface area (Å²) in [5.74, 6) is 0.434. The van der Waals surface area contributed by atoms with E-state index in [1.807, 2.05) is 24.3 Å². The number of halogens is 3. The van der Waals surface area contributed by atoms with Gasteiger partial charge in [-0.1, -0.05) is 38.1 Å². The standard InChI is InChI=1S/C19H17F3N2OS/c1-12(2)13-3-5-14(6-4-13)18-23-9-16(26-18)11-24-10-15(19(20,21)22)7-8-17(24)25/h3-10,12H,11H2,1-2H3. The molecular formula is C19H17F3N2OS. The van der Waals surface area contributed by atoms with Gasteiger partial charge in [-0.25, -0.2) is 4.98 Å². The Bertz CT molecular complexity index is 956. The zero-order valence-electron chi connectivity index (χ0n) is 14.2. The molecule has 2 aromatic heterocycles. The van der Waals surface area contributed by atoms with Crippen molar-refractivity contribution in [3.63, 3.8) is 0 Å². The molecule has 0 spiro atoms. The second-order valence-corrected chi connectivity index (χ2v) is 7.41. The number of aromatic nitrogens is 2. The van der Waals surface area contributed by atoms with Crippen LogP contribution in [0, 0.1) is 0 Å². The quantitative estimate of drug-likeness (QED) is 0.628. The van der Waals surface area contributed by atoms with Crippen LogP contribution in [0.2, 0.25) is 0 Å². The van der Waals surface area contributed by atoms with Gasteiger partial charge in [0.1, 0.15) is 5.01 Å². The predicted molar refractivity (Wildman–Crippen MR) is 96.4 cm³/mol. The summed E-state index contributed by atoms with van der Waals surface area (Å²) in [6.07, 6.45) is -2.03. The molecule has 26 heavy (non-hydrogen) atoms. The predicted octanol–water partition coefficient (Wildman–Crippen LogP) is 5.16. The molecule has 0 saturated carbocycles. The topological polar surface area (TPSA) is 34.9 Å². The molecule has 3 rings (SSSR count). The van der Waals surface area contributed by atoms with Crippen molar-refractivity contribution in [2.45, 2.75) is 32.5 Å². The van der Waals surface area contributed by atoms with Crippen LogP contribution in [0.1, 0.15) is 35.8 Å². The molecule has 0 unspecified atom stereocenters. The summed E-state index contributed by atoms with van der Waals surface area (Å²) in [5, 5.41) is 0.773. The lowest BCUT2D eigenvalue weighted by Crippen LogP contribution is -2.21. The third kappa shape index (κ3) is 4.04. The Morgan fingerprint density at radius 1 is 1.12 bits per heavy atom. The van der Waals surface area contributed by atoms with E-state index < -0.39 is 17.3 Å². The lowest BCUT2D eigenvalue weighted by atomic mass is 10.0. The number of hydrogen-bond donors (Lipinski definition) is 0. The van der Waals surface area contributed by atoms with E-state index in [4.69, 9.17) is 0 Å². The van der Waals surface area contributed by atoms with E-state index in [2.05, 4.69) is 18.8 Å². The van der Waals surface area contributed by atoms with Crippen LogP contribution in [0.4, 0.5) is 13.2 Å². The van der Waals surface area contributed by atoms with Gasteiger partial charge in [0, 0.05) is 28.9 Å². The molecule has 0 aliphatic rings. The van der Waals surface area contributed by atoms with E-state index in [1.54, 1.807) is 6.20 Å². The smallest absolute Gasteiger partial charge is 0.310 e. The number of benzene rings is 1. The first-order valence-corrected chi connectivity index (χ1v) is 8.88. The van der Waals surface area contributed by atoms with Crippen LogP contribution in [-0.2, 0) is 12.7 Å². The van der Waals surface area contributed by atoms with Gasteiger partial charge in [-0.3, -0.25) is 4.79 Å². The Morgan fingerprint density at radius 2 is 1.81 bits per heavy atom. The maximum Gasteiger partial charge on any atom is 0.417 e. The molecular weight excluding hydrogens is 361 g/mol. The lowest BCUT2D eigenvalue weighted by molar-refractivity contribution is -0.138.